The summed E-state index contributed by atoms with van der Waals surface area (Å²) >= 11 is 0. The van der Waals surface area contributed by atoms with Gasteiger partial charge in [-0.25, -0.2) is 0 Å². The van der Waals surface area contributed by atoms with Crippen LogP contribution in [0.5, 0.6) is 0 Å². The Bertz CT molecular complexity index is 522. The molecule has 1 aromatic rings. The average molecular weight is 290 g/mol. The molecular weight excluding hydrogens is 268 g/mol. The summed E-state index contributed by atoms with van der Waals surface area (Å²) in [5.41, 5.74) is 0. The molecule has 1 N–H and O–H groups in total. The van der Waals surface area contributed by atoms with Gasteiger partial charge in [0, 0.05) is 12.5 Å². The van der Waals surface area contributed by atoms with Gasteiger partial charge in [0.15, 0.2) is 0 Å². The first-order valence-electron chi connectivity index (χ1n) is 7.76. The van der Waals surface area contributed by atoms with Crippen molar-refractivity contribution >= 4 is 11.8 Å². The van der Waals surface area contributed by atoms with E-state index in [4.69, 9.17) is 4.42 Å². The Kier molecular flexibility index (Phi) is 3.74. The summed E-state index contributed by atoms with van der Waals surface area (Å²) in [5.74, 6) is 1.24. The second-order valence-electron chi connectivity index (χ2n) is 6.13. The van der Waals surface area contributed by atoms with Crippen LogP contribution in [0.2, 0.25) is 0 Å². The van der Waals surface area contributed by atoms with Crippen LogP contribution in [0.3, 0.4) is 0 Å². The van der Waals surface area contributed by atoms with Gasteiger partial charge < -0.3 is 14.6 Å². The van der Waals surface area contributed by atoms with E-state index in [1.807, 2.05) is 26.0 Å². The van der Waals surface area contributed by atoms with Gasteiger partial charge in [0.2, 0.25) is 11.8 Å². The molecule has 0 radical (unpaired) electrons. The van der Waals surface area contributed by atoms with Crippen molar-refractivity contribution in [3.05, 3.63) is 24.2 Å². The Hall–Kier alpha value is -1.78. The van der Waals surface area contributed by atoms with Crippen molar-refractivity contribution in [1.29, 1.82) is 0 Å². The monoisotopic (exact) mass is 290 g/mol. The van der Waals surface area contributed by atoms with Crippen LogP contribution in [0.25, 0.3) is 0 Å². The van der Waals surface area contributed by atoms with Gasteiger partial charge in [0.05, 0.1) is 6.26 Å². The first-order valence-corrected chi connectivity index (χ1v) is 7.76. The van der Waals surface area contributed by atoms with Gasteiger partial charge in [0.1, 0.15) is 17.8 Å². The van der Waals surface area contributed by atoms with Crippen LogP contribution < -0.4 is 5.32 Å². The number of rotatable bonds is 5. The molecule has 1 aromatic heterocycles. The summed E-state index contributed by atoms with van der Waals surface area (Å²) in [6, 6.07) is 3.03. The SMILES string of the molecule is CCC1C(=O)NC(C2CC2)C(=O)N1C(C)Cc1ccco1. The summed E-state index contributed by atoms with van der Waals surface area (Å²) in [5, 5.41) is 2.92. The highest BCUT2D eigenvalue weighted by Crippen LogP contribution is 2.36. The highest BCUT2D eigenvalue weighted by atomic mass is 16.3. The lowest BCUT2D eigenvalue weighted by atomic mass is 9.98. The van der Waals surface area contributed by atoms with Gasteiger partial charge in [-0.3, -0.25) is 9.59 Å². The number of carbonyl (C=O) groups excluding carboxylic acids is 2. The third-order valence-electron chi connectivity index (χ3n) is 4.49. The van der Waals surface area contributed by atoms with E-state index >= 15 is 0 Å². The number of nitrogens with one attached hydrogen (secondary N) is 1. The summed E-state index contributed by atoms with van der Waals surface area (Å²) < 4.78 is 5.37. The lowest BCUT2D eigenvalue weighted by Gasteiger charge is -2.42. The molecule has 0 aromatic carbocycles. The molecule has 3 atom stereocenters. The zero-order valence-electron chi connectivity index (χ0n) is 12.5. The predicted molar refractivity (Wildman–Crippen MR) is 77.5 cm³/mol. The Balaban J connectivity index is 1.80. The van der Waals surface area contributed by atoms with Crippen molar-refractivity contribution in [2.24, 2.45) is 5.92 Å². The molecule has 5 nitrogen and oxygen atoms in total. The molecule has 114 valence electrons. The van der Waals surface area contributed by atoms with E-state index in [0.29, 0.717) is 18.8 Å². The van der Waals surface area contributed by atoms with E-state index in [0.717, 1.165) is 18.6 Å². The average Bonchev–Trinajstić information content (AvgIpc) is 3.18. The minimum absolute atomic E-state index is 0.0136. The summed E-state index contributed by atoms with van der Waals surface area (Å²) in [7, 11) is 0. The number of furan rings is 1. The maximum Gasteiger partial charge on any atom is 0.246 e. The summed E-state index contributed by atoms with van der Waals surface area (Å²) in [4.78, 5) is 26.9. The van der Waals surface area contributed by atoms with Crippen molar-refractivity contribution < 1.29 is 14.0 Å². The van der Waals surface area contributed by atoms with E-state index in [1.165, 1.54) is 0 Å². The van der Waals surface area contributed by atoms with E-state index < -0.39 is 0 Å². The van der Waals surface area contributed by atoms with Gasteiger partial charge in [-0.05, 0) is 44.2 Å². The Morgan fingerprint density at radius 1 is 1.43 bits per heavy atom. The van der Waals surface area contributed by atoms with Gasteiger partial charge in [-0.1, -0.05) is 6.92 Å². The fourth-order valence-electron chi connectivity index (χ4n) is 3.23. The van der Waals surface area contributed by atoms with Crippen molar-refractivity contribution in [3.8, 4) is 0 Å². The van der Waals surface area contributed by atoms with Crippen molar-refractivity contribution in [3.63, 3.8) is 0 Å². The van der Waals surface area contributed by atoms with Crippen LogP contribution in [0, 0.1) is 5.92 Å². The maximum atomic E-state index is 12.8. The molecule has 0 spiro atoms. The van der Waals surface area contributed by atoms with E-state index in [9.17, 15) is 9.59 Å². The number of nitrogens with zero attached hydrogens (tertiary/aromatic N) is 1. The fourth-order valence-corrected chi connectivity index (χ4v) is 3.23. The standard InChI is InChI=1S/C16H22N2O3/c1-3-13-15(19)17-14(11-6-7-11)16(20)18(13)10(2)9-12-5-4-8-21-12/h4-5,8,10-11,13-14H,3,6-7,9H2,1-2H3,(H,17,19). The number of carbonyl (C=O) groups is 2. The topological polar surface area (TPSA) is 62.6 Å². The molecule has 2 fully saturated rings. The van der Waals surface area contributed by atoms with Gasteiger partial charge in [0.25, 0.3) is 0 Å². The maximum absolute atomic E-state index is 12.8. The molecule has 2 amide bonds. The molecule has 2 heterocycles. The summed E-state index contributed by atoms with van der Waals surface area (Å²) in [6.45, 7) is 3.94. The smallest absolute Gasteiger partial charge is 0.246 e. The first kappa shape index (κ1) is 14.2. The van der Waals surface area contributed by atoms with Crippen LogP contribution in [-0.4, -0.2) is 34.8 Å². The lowest BCUT2D eigenvalue weighted by molar-refractivity contribution is -0.152. The van der Waals surface area contributed by atoms with Crippen LogP contribution in [0.15, 0.2) is 22.8 Å². The zero-order chi connectivity index (χ0) is 15.0. The van der Waals surface area contributed by atoms with Gasteiger partial charge in [-0.15, -0.1) is 0 Å². The second-order valence-corrected chi connectivity index (χ2v) is 6.13. The van der Waals surface area contributed by atoms with Crippen LogP contribution in [-0.2, 0) is 16.0 Å². The molecule has 3 rings (SSSR count). The number of hydrogen-bond acceptors (Lipinski definition) is 3. The van der Waals surface area contributed by atoms with Crippen molar-refractivity contribution in [2.45, 2.75) is 57.7 Å². The van der Waals surface area contributed by atoms with Crippen LogP contribution in [0.1, 0.15) is 38.9 Å². The predicted octanol–water partition coefficient (Wildman–Crippen LogP) is 1.73. The number of amides is 2. The van der Waals surface area contributed by atoms with Crippen LogP contribution >= 0.6 is 0 Å². The molecular formula is C16H22N2O3. The first-order chi connectivity index (χ1) is 10.1. The van der Waals surface area contributed by atoms with Crippen molar-refractivity contribution in [2.75, 3.05) is 0 Å². The second kappa shape index (κ2) is 5.54. The number of hydrogen-bond donors (Lipinski definition) is 1. The normalized spacial score (nSPS) is 27.6. The largest absolute Gasteiger partial charge is 0.469 e. The molecule has 1 saturated heterocycles. The Labute approximate surface area is 124 Å². The molecule has 5 heteroatoms. The minimum atomic E-state index is -0.363. The zero-order valence-corrected chi connectivity index (χ0v) is 12.5. The molecule has 1 aliphatic heterocycles. The molecule has 21 heavy (non-hydrogen) atoms. The Morgan fingerprint density at radius 3 is 2.76 bits per heavy atom. The van der Waals surface area contributed by atoms with Gasteiger partial charge >= 0.3 is 0 Å². The van der Waals surface area contributed by atoms with Crippen molar-refractivity contribution in [1.82, 2.24) is 10.2 Å². The third-order valence-corrected chi connectivity index (χ3v) is 4.49. The van der Waals surface area contributed by atoms with Gasteiger partial charge in [-0.2, -0.15) is 0 Å². The molecule has 1 aliphatic carbocycles. The molecule has 0 bridgehead atoms. The molecule has 1 saturated carbocycles. The van der Waals surface area contributed by atoms with E-state index in [2.05, 4.69) is 5.32 Å². The quantitative estimate of drug-likeness (QED) is 0.898. The molecule has 3 unspecified atom stereocenters. The molecule has 2 aliphatic rings. The Morgan fingerprint density at radius 2 is 2.19 bits per heavy atom. The van der Waals surface area contributed by atoms with E-state index in [-0.39, 0.29) is 29.9 Å². The highest BCUT2D eigenvalue weighted by molar-refractivity contribution is 5.97. The lowest BCUT2D eigenvalue weighted by Crippen LogP contribution is -2.66. The minimum Gasteiger partial charge on any atom is -0.469 e. The highest BCUT2D eigenvalue weighted by Gasteiger charge is 2.47. The fraction of sp³-hybridized carbons (Fsp3) is 0.625. The van der Waals surface area contributed by atoms with E-state index in [1.54, 1.807) is 11.2 Å². The number of piperazine rings is 1. The third kappa shape index (κ3) is 2.69. The van der Waals surface area contributed by atoms with Crippen LogP contribution in [0.4, 0.5) is 0 Å². The summed E-state index contributed by atoms with van der Waals surface area (Å²) in [6.07, 6.45) is 4.98.